The first-order valence-electron chi connectivity index (χ1n) is 4.49. The standard InChI is InChI=1S/C12H11FO2/c1-3-4-5-12(14)10-7-6-9(15-2)8-11(10)13/h1,6-8H,4-5H2,2H3. The van der Waals surface area contributed by atoms with Gasteiger partial charge in [0.05, 0.1) is 12.7 Å². The van der Waals surface area contributed by atoms with Crippen LogP contribution in [0.5, 0.6) is 5.75 Å². The van der Waals surface area contributed by atoms with Crippen LogP contribution < -0.4 is 4.74 Å². The van der Waals surface area contributed by atoms with Gasteiger partial charge in [-0.05, 0) is 12.1 Å². The molecule has 15 heavy (non-hydrogen) atoms. The van der Waals surface area contributed by atoms with Crippen LogP contribution in [-0.4, -0.2) is 12.9 Å². The van der Waals surface area contributed by atoms with E-state index in [-0.39, 0.29) is 17.8 Å². The first-order chi connectivity index (χ1) is 7.19. The first-order valence-corrected chi connectivity index (χ1v) is 4.49. The fourth-order valence-corrected chi connectivity index (χ4v) is 1.17. The SMILES string of the molecule is C#CCCC(=O)c1ccc(OC)cc1F. The number of ether oxygens (including phenoxy) is 1. The monoisotopic (exact) mass is 206 g/mol. The summed E-state index contributed by atoms with van der Waals surface area (Å²) in [7, 11) is 1.44. The second-order valence-corrected chi connectivity index (χ2v) is 2.97. The van der Waals surface area contributed by atoms with E-state index in [1.807, 2.05) is 0 Å². The normalized spacial score (nSPS) is 9.40. The predicted octanol–water partition coefficient (Wildman–Crippen LogP) is 2.43. The Morgan fingerprint density at radius 1 is 1.60 bits per heavy atom. The second kappa shape index (κ2) is 5.16. The first kappa shape index (κ1) is 11.3. The number of hydrogen-bond acceptors (Lipinski definition) is 2. The molecule has 3 heteroatoms. The van der Waals surface area contributed by atoms with E-state index in [1.54, 1.807) is 6.07 Å². The molecule has 0 saturated heterocycles. The van der Waals surface area contributed by atoms with Crippen LogP contribution in [0, 0.1) is 18.2 Å². The van der Waals surface area contributed by atoms with Crippen LogP contribution in [0.25, 0.3) is 0 Å². The highest BCUT2D eigenvalue weighted by molar-refractivity contribution is 5.96. The molecule has 1 aromatic rings. The highest BCUT2D eigenvalue weighted by Gasteiger charge is 2.11. The van der Waals surface area contributed by atoms with Gasteiger partial charge in [-0.15, -0.1) is 12.3 Å². The Hall–Kier alpha value is -1.82. The van der Waals surface area contributed by atoms with Gasteiger partial charge in [-0.1, -0.05) is 0 Å². The smallest absolute Gasteiger partial charge is 0.166 e. The number of carbonyl (C=O) groups is 1. The van der Waals surface area contributed by atoms with Crippen molar-refractivity contribution >= 4 is 5.78 Å². The van der Waals surface area contributed by atoms with E-state index in [0.717, 1.165) is 0 Å². The molecule has 0 fully saturated rings. The van der Waals surface area contributed by atoms with Gasteiger partial charge in [0.25, 0.3) is 0 Å². The van der Waals surface area contributed by atoms with Crippen molar-refractivity contribution in [3.8, 4) is 18.1 Å². The van der Waals surface area contributed by atoms with Crippen LogP contribution in [0.15, 0.2) is 18.2 Å². The summed E-state index contributed by atoms with van der Waals surface area (Å²) in [6.45, 7) is 0. The number of halogens is 1. The Morgan fingerprint density at radius 2 is 2.33 bits per heavy atom. The highest BCUT2D eigenvalue weighted by atomic mass is 19.1. The number of terminal acetylenes is 1. The third-order valence-corrected chi connectivity index (χ3v) is 1.97. The van der Waals surface area contributed by atoms with Crippen LogP contribution >= 0.6 is 0 Å². The molecule has 0 aliphatic rings. The molecule has 0 amide bonds. The zero-order chi connectivity index (χ0) is 11.3. The minimum Gasteiger partial charge on any atom is -0.497 e. The van der Waals surface area contributed by atoms with Crippen LogP contribution in [0.1, 0.15) is 23.2 Å². The number of hydrogen-bond donors (Lipinski definition) is 0. The van der Waals surface area contributed by atoms with E-state index in [4.69, 9.17) is 11.2 Å². The predicted molar refractivity (Wildman–Crippen MR) is 55.3 cm³/mol. The van der Waals surface area contributed by atoms with Crippen molar-refractivity contribution in [2.75, 3.05) is 7.11 Å². The molecule has 0 aromatic heterocycles. The summed E-state index contributed by atoms with van der Waals surface area (Å²) in [5.74, 6) is 1.88. The minimum atomic E-state index is -0.573. The molecule has 78 valence electrons. The number of carbonyl (C=O) groups excluding carboxylic acids is 1. The van der Waals surface area contributed by atoms with Crippen molar-refractivity contribution in [2.24, 2.45) is 0 Å². The quantitative estimate of drug-likeness (QED) is 0.558. The summed E-state index contributed by atoms with van der Waals surface area (Å²) in [5, 5.41) is 0. The molecular weight excluding hydrogens is 195 g/mol. The molecule has 2 nitrogen and oxygen atoms in total. The molecule has 0 atom stereocenters. The van der Waals surface area contributed by atoms with Gasteiger partial charge in [-0.3, -0.25) is 4.79 Å². The van der Waals surface area contributed by atoms with Crippen LogP contribution in [0.3, 0.4) is 0 Å². The Bertz CT molecular complexity index is 405. The third-order valence-electron chi connectivity index (χ3n) is 1.97. The van der Waals surface area contributed by atoms with Gasteiger partial charge in [-0.2, -0.15) is 0 Å². The maximum atomic E-state index is 13.4. The molecule has 0 radical (unpaired) electrons. The van der Waals surface area contributed by atoms with Gasteiger partial charge in [0.15, 0.2) is 5.78 Å². The molecule has 1 rings (SSSR count). The number of ketones is 1. The summed E-state index contributed by atoms with van der Waals surface area (Å²) < 4.78 is 18.2. The van der Waals surface area contributed by atoms with Gasteiger partial charge in [0.2, 0.25) is 0 Å². The van der Waals surface area contributed by atoms with Gasteiger partial charge in [-0.25, -0.2) is 4.39 Å². The zero-order valence-electron chi connectivity index (χ0n) is 8.42. The molecule has 0 unspecified atom stereocenters. The lowest BCUT2D eigenvalue weighted by Crippen LogP contribution is -2.02. The van der Waals surface area contributed by atoms with Crippen molar-refractivity contribution in [1.29, 1.82) is 0 Å². The average molecular weight is 206 g/mol. The topological polar surface area (TPSA) is 26.3 Å². The fraction of sp³-hybridized carbons (Fsp3) is 0.250. The lowest BCUT2D eigenvalue weighted by atomic mass is 10.1. The molecular formula is C12H11FO2. The molecule has 0 bridgehead atoms. The summed E-state index contributed by atoms with van der Waals surface area (Å²) in [4.78, 5) is 11.4. The Kier molecular flexibility index (Phi) is 3.87. The maximum absolute atomic E-state index is 13.4. The Labute approximate surface area is 88.1 Å². The van der Waals surface area contributed by atoms with E-state index >= 15 is 0 Å². The Balaban J connectivity index is 2.86. The zero-order valence-corrected chi connectivity index (χ0v) is 8.42. The van der Waals surface area contributed by atoms with Gasteiger partial charge in [0, 0.05) is 18.9 Å². The van der Waals surface area contributed by atoms with Crippen LogP contribution in [-0.2, 0) is 0 Å². The summed E-state index contributed by atoms with van der Waals surface area (Å²) in [6, 6.07) is 4.14. The maximum Gasteiger partial charge on any atom is 0.166 e. The molecule has 0 aliphatic heterocycles. The third kappa shape index (κ3) is 2.81. The average Bonchev–Trinajstić information content (AvgIpc) is 2.25. The number of Topliss-reactive ketones (excluding diaryl/α,β-unsaturated/α-hetero) is 1. The van der Waals surface area contributed by atoms with Crippen LogP contribution in [0.2, 0.25) is 0 Å². The summed E-state index contributed by atoms with van der Waals surface area (Å²) in [6.07, 6.45) is 5.51. The number of benzene rings is 1. The second-order valence-electron chi connectivity index (χ2n) is 2.97. The van der Waals surface area contributed by atoms with Crippen molar-refractivity contribution in [3.63, 3.8) is 0 Å². The molecule has 0 heterocycles. The lowest BCUT2D eigenvalue weighted by molar-refractivity contribution is 0.0980. The largest absolute Gasteiger partial charge is 0.497 e. The van der Waals surface area contributed by atoms with Crippen molar-refractivity contribution < 1.29 is 13.9 Å². The van der Waals surface area contributed by atoms with Crippen molar-refractivity contribution in [1.82, 2.24) is 0 Å². The van der Waals surface area contributed by atoms with Gasteiger partial charge >= 0.3 is 0 Å². The van der Waals surface area contributed by atoms with E-state index in [0.29, 0.717) is 12.2 Å². The lowest BCUT2D eigenvalue weighted by Gasteiger charge is -2.03. The summed E-state index contributed by atoms with van der Waals surface area (Å²) >= 11 is 0. The molecule has 0 saturated carbocycles. The van der Waals surface area contributed by atoms with Gasteiger partial charge < -0.3 is 4.74 Å². The van der Waals surface area contributed by atoms with Crippen molar-refractivity contribution in [2.45, 2.75) is 12.8 Å². The van der Waals surface area contributed by atoms with Gasteiger partial charge in [0.1, 0.15) is 11.6 Å². The van der Waals surface area contributed by atoms with E-state index in [9.17, 15) is 9.18 Å². The van der Waals surface area contributed by atoms with Crippen molar-refractivity contribution in [3.05, 3.63) is 29.6 Å². The fourth-order valence-electron chi connectivity index (χ4n) is 1.17. The molecule has 0 aliphatic carbocycles. The van der Waals surface area contributed by atoms with E-state index in [1.165, 1.54) is 19.2 Å². The minimum absolute atomic E-state index is 0.0612. The number of rotatable bonds is 4. The molecule has 0 N–H and O–H groups in total. The van der Waals surface area contributed by atoms with Crippen LogP contribution in [0.4, 0.5) is 4.39 Å². The number of methoxy groups -OCH3 is 1. The highest BCUT2D eigenvalue weighted by Crippen LogP contribution is 2.17. The molecule has 0 spiro atoms. The summed E-state index contributed by atoms with van der Waals surface area (Å²) in [5.41, 5.74) is 0.0612. The Morgan fingerprint density at radius 3 is 2.87 bits per heavy atom. The van der Waals surface area contributed by atoms with E-state index < -0.39 is 5.82 Å². The van der Waals surface area contributed by atoms with E-state index in [2.05, 4.69) is 5.92 Å². The molecule has 1 aromatic carbocycles.